The summed E-state index contributed by atoms with van der Waals surface area (Å²) < 4.78 is 13.6. The van der Waals surface area contributed by atoms with Gasteiger partial charge >= 0.3 is 0 Å². The highest BCUT2D eigenvalue weighted by atomic mass is 19.1. The number of halogens is 1. The van der Waals surface area contributed by atoms with E-state index in [9.17, 15) is 9.18 Å². The summed E-state index contributed by atoms with van der Waals surface area (Å²) in [5.41, 5.74) is 3.06. The molecule has 3 rings (SSSR count). The zero-order valence-corrected chi connectivity index (χ0v) is 16.0. The van der Waals surface area contributed by atoms with Gasteiger partial charge in [-0.1, -0.05) is 6.07 Å². The molecule has 0 atom stereocenters. The number of hydrogen-bond donors (Lipinski definition) is 3. The van der Waals surface area contributed by atoms with Crippen molar-refractivity contribution in [3.05, 3.63) is 71.2 Å². The van der Waals surface area contributed by atoms with Gasteiger partial charge < -0.3 is 16.0 Å². The molecule has 2 aromatic carbocycles. The largest absolute Gasteiger partial charge is 0.354 e. The lowest BCUT2D eigenvalue weighted by Crippen LogP contribution is -2.12. The van der Waals surface area contributed by atoms with Crippen molar-refractivity contribution in [3.63, 3.8) is 0 Å². The van der Waals surface area contributed by atoms with E-state index in [2.05, 4.69) is 25.9 Å². The van der Waals surface area contributed by atoms with E-state index >= 15 is 0 Å². The van der Waals surface area contributed by atoms with Gasteiger partial charge in [0, 0.05) is 35.2 Å². The molecular formula is C21H22FN5O. The summed E-state index contributed by atoms with van der Waals surface area (Å²) in [6.45, 7) is 6.28. The van der Waals surface area contributed by atoms with Crippen LogP contribution in [0.5, 0.6) is 0 Å². The van der Waals surface area contributed by atoms with Gasteiger partial charge in [0.05, 0.1) is 0 Å². The number of hydrogen-bond acceptors (Lipinski definition) is 5. The Hall–Kier alpha value is -3.48. The van der Waals surface area contributed by atoms with Gasteiger partial charge in [-0.2, -0.15) is 4.98 Å². The fourth-order valence-electron chi connectivity index (χ4n) is 2.59. The Kier molecular flexibility index (Phi) is 5.84. The summed E-state index contributed by atoms with van der Waals surface area (Å²) in [6.07, 6.45) is 0. The summed E-state index contributed by atoms with van der Waals surface area (Å²) in [5, 5.41) is 9.07. The average molecular weight is 379 g/mol. The zero-order chi connectivity index (χ0) is 20.1. The molecular weight excluding hydrogens is 357 g/mol. The molecule has 3 N–H and O–H groups in total. The van der Waals surface area contributed by atoms with Crippen LogP contribution in [0.15, 0.2) is 48.5 Å². The van der Waals surface area contributed by atoms with Crippen molar-refractivity contribution in [3.8, 4) is 0 Å². The molecule has 1 amide bonds. The fourth-order valence-corrected chi connectivity index (χ4v) is 2.59. The average Bonchev–Trinajstić information content (AvgIpc) is 2.65. The number of amides is 1. The Labute approximate surface area is 163 Å². The second kappa shape index (κ2) is 8.47. The summed E-state index contributed by atoms with van der Waals surface area (Å²) in [6, 6.07) is 13.5. The van der Waals surface area contributed by atoms with E-state index in [0.717, 1.165) is 17.9 Å². The normalized spacial score (nSPS) is 10.4. The van der Waals surface area contributed by atoms with E-state index in [1.54, 1.807) is 31.2 Å². The molecule has 1 aromatic heterocycles. The lowest BCUT2D eigenvalue weighted by atomic mass is 10.1. The van der Waals surface area contributed by atoms with Gasteiger partial charge in [0.15, 0.2) is 0 Å². The summed E-state index contributed by atoms with van der Waals surface area (Å²) in [7, 11) is 0. The molecule has 0 unspecified atom stereocenters. The van der Waals surface area contributed by atoms with Crippen LogP contribution in [0.1, 0.15) is 28.5 Å². The first-order valence-corrected chi connectivity index (χ1v) is 8.98. The third-order valence-corrected chi connectivity index (χ3v) is 4.04. The Morgan fingerprint density at radius 2 is 1.71 bits per heavy atom. The van der Waals surface area contributed by atoms with Gasteiger partial charge in [-0.15, -0.1) is 0 Å². The Morgan fingerprint density at radius 1 is 1.00 bits per heavy atom. The van der Waals surface area contributed by atoms with Gasteiger partial charge in [-0.25, -0.2) is 9.37 Å². The Bertz CT molecular complexity index is 989. The van der Waals surface area contributed by atoms with E-state index < -0.39 is 5.82 Å². The molecule has 3 aromatic rings. The minimum Gasteiger partial charge on any atom is -0.354 e. The van der Waals surface area contributed by atoms with E-state index in [1.165, 1.54) is 6.07 Å². The van der Waals surface area contributed by atoms with Gasteiger partial charge in [-0.05, 0) is 62.7 Å². The summed E-state index contributed by atoms with van der Waals surface area (Å²) in [4.78, 5) is 21.0. The standard InChI is InChI=1S/C21H22FN5O/c1-4-23-21-24-14(3)11-19(27-21)25-16-7-9-17(10-8-16)26-20(28)15-6-5-13(2)18(22)12-15/h5-12H,4H2,1-3H3,(H,26,28)(H2,23,24,25,27). The number of anilines is 4. The number of nitrogens with one attached hydrogen (secondary N) is 3. The van der Waals surface area contributed by atoms with Crippen molar-refractivity contribution < 1.29 is 9.18 Å². The molecule has 0 radical (unpaired) electrons. The van der Waals surface area contributed by atoms with Crippen molar-refractivity contribution in [2.45, 2.75) is 20.8 Å². The number of carbonyl (C=O) groups excluding carboxylic acids is 1. The van der Waals surface area contributed by atoms with Crippen LogP contribution < -0.4 is 16.0 Å². The second-order valence-corrected chi connectivity index (χ2v) is 6.37. The van der Waals surface area contributed by atoms with Crippen LogP contribution in [0.2, 0.25) is 0 Å². The molecule has 0 spiro atoms. The monoisotopic (exact) mass is 379 g/mol. The highest BCUT2D eigenvalue weighted by Gasteiger charge is 2.09. The number of aromatic nitrogens is 2. The topological polar surface area (TPSA) is 78.9 Å². The van der Waals surface area contributed by atoms with Crippen molar-refractivity contribution in [1.82, 2.24) is 9.97 Å². The first-order valence-electron chi connectivity index (χ1n) is 8.98. The van der Waals surface area contributed by atoms with Crippen LogP contribution in [0, 0.1) is 19.7 Å². The van der Waals surface area contributed by atoms with Crippen molar-refractivity contribution in [1.29, 1.82) is 0 Å². The maximum absolute atomic E-state index is 13.6. The van der Waals surface area contributed by atoms with E-state index in [4.69, 9.17) is 0 Å². The molecule has 28 heavy (non-hydrogen) atoms. The number of aryl methyl sites for hydroxylation is 2. The van der Waals surface area contributed by atoms with Gasteiger partial charge in [0.1, 0.15) is 11.6 Å². The van der Waals surface area contributed by atoms with Crippen LogP contribution in [-0.2, 0) is 0 Å². The third kappa shape index (κ3) is 4.82. The molecule has 6 nitrogen and oxygen atoms in total. The number of benzene rings is 2. The SMILES string of the molecule is CCNc1nc(C)cc(Nc2ccc(NC(=O)c3ccc(C)c(F)c3)cc2)n1. The van der Waals surface area contributed by atoms with E-state index in [1.807, 2.05) is 32.0 Å². The molecule has 7 heteroatoms. The zero-order valence-electron chi connectivity index (χ0n) is 16.0. The highest BCUT2D eigenvalue weighted by molar-refractivity contribution is 6.04. The third-order valence-electron chi connectivity index (χ3n) is 4.04. The molecule has 1 heterocycles. The highest BCUT2D eigenvalue weighted by Crippen LogP contribution is 2.20. The first-order chi connectivity index (χ1) is 13.4. The predicted octanol–water partition coefficient (Wildman–Crippen LogP) is 4.66. The van der Waals surface area contributed by atoms with Crippen LogP contribution in [0.3, 0.4) is 0 Å². The van der Waals surface area contributed by atoms with Crippen LogP contribution >= 0.6 is 0 Å². The maximum Gasteiger partial charge on any atom is 0.255 e. The first kappa shape index (κ1) is 19.3. The lowest BCUT2D eigenvalue weighted by molar-refractivity contribution is 0.102. The van der Waals surface area contributed by atoms with Gasteiger partial charge in [0.2, 0.25) is 5.95 Å². The molecule has 0 aliphatic rings. The van der Waals surface area contributed by atoms with E-state index in [-0.39, 0.29) is 11.5 Å². The number of rotatable bonds is 6. The molecule has 144 valence electrons. The Balaban J connectivity index is 1.68. The predicted molar refractivity (Wildman–Crippen MR) is 110 cm³/mol. The Morgan fingerprint density at radius 3 is 2.39 bits per heavy atom. The van der Waals surface area contributed by atoms with E-state index in [0.29, 0.717) is 23.0 Å². The molecule has 0 fully saturated rings. The van der Waals surface area contributed by atoms with Gasteiger partial charge in [0.25, 0.3) is 5.91 Å². The summed E-state index contributed by atoms with van der Waals surface area (Å²) in [5.74, 6) is 0.486. The molecule has 0 aliphatic carbocycles. The summed E-state index contributed by atoms with van der Waals surface area (Å²) >= 11 is 0. The molecule has 0 aliphatic heterocycles. The molecule has 0 saturated carbocycles. The minimum atomic E-state index is -0.399. The van der Waals surface area contributed by atoms with Crippen molar-refractivity contribution in [2.24, 2.45) is 0 Å². The van der Waals surface area contributed by atoms with Crippen molar-refractivity contribution in [2.75, 3.05) is 22.5 Å². The maximum atomic E-state index is 13.6. The second-order valence-electron chi connectivity index (χ2n) is 6.37. The van der Waals surface area contributed by atoms with Crippen molar-refractivity contribution >= 4 is 29.0 Å². The molecule has 0 bridgehead atoms. The van der Waals surface area contributed by atoms with Crippen LogP contribution in [0.4, 0.5) is 27.5 Å². The number of carbonyl (C=O) groups is 1. The lowest BCUT2D eigenvalue weighted by Gasteiger charge is -2.10. The van der Waals surface area contributed by atoms with Crippen LogP contribution in [-0.4, -0.2) is 22.4 Å². The minimum absolute atomic E-state index is 0.276. The fraction of sp³-hybridized carbons (Fsp3) is 0.190. The molecule has 0 saturated heterocycles. The van der Waals surface area contributed by atoms with Gasteiger partial charge in [-0.3, -0.25) is 4.79 Å². The van der Waals surface area contributed by atoms with Crippen LogP contribution in [0.25, 0.3) is 0 Å². The number of nitrogens with zero attached hydrogens (tertiary/aromatic N) is 2. The quantitative estimate of drug-likeness (QED) is 0.580. The smallest absolute Gasteiger partial charge is 0.255 e.